The smallest absolute Gasteiger partial charge is 0.146 e. The minimum atomic E-state index is -0.310. The number of hydrogen-bond acceptors (Lipinski definition) is 1. The second-order valence-electron chi connectivity index (χ2n) is 4.56. The van der Waals surface area contributed by atoms with Crippen LogP contribution in [0.5, 0.6) is 0 Å². The lowest BCUT2D eigenvalue weighted by Gasteiger charge is -2.21. The molecule has 0 aromatic heterocycles. The van der Waals surface area contributed by atoms with E-state index in [0.717, 1.165) is 5.56 Å². The van der Waals surface area contributed by atoms with Gasteiger partial charge in [-0.1, -0.05) is 37.3 Å². The van der Waals surface area contributed by atoms with Gasteiger partial charge < -0.3 is 5.32 Å². The number of aryl methyl sites for hydroxylation is 1. The summed E-state index contributed by atoms with van der Waals surface area (Å²) in [6.07, 6.45) is 0.675. The summed E-state index contributed by atoms with van der Waals surface area (Å²) < 4.78 is 27.6. The highest BCUT2D eigenvalue weighted by molar-refractivity contribution is 5.53. The number of nitrogens with one attached hydrogen (secondary N) is 1. The Morgan fingerprint density at radius 2 is 1.68 bits per heavy atom. The Balaban J connectivity index is 2.32. The Bertz CT molecular complexity index is 546. The van der Waals surface area contributed by atoms with Crippen molar-refractivity contribution >= 4 is 5.69 Å². The second kappa shape index (κ2) is 5.83. The van der Waals surface area contributed by atoms with E-state index in [9.17, 15) is 8.78 Å². The summed E-state index contributed by atoms with van der Waals surface area (Å²) in [7, 11) is 0. The van der Waals surface area contributed by atoms with Crippen molar-refractivity contribution in [3.05, 3.63) is 65.2 Å². The van der Waals surface area contributed by atoms with E-state index in [0.29, 0.717) is 17.7 Å². The van der Waals surface area contributed by atoms with Gasteiger partial charge >= 0.3 is 0 Å². The highest BCUT2D eigenvalue weighted by atomic mass is 19.1. The first-order valence-corrected chi connectivity index (χ1v) is 6.39. The van der Waals surface area contributed by atoms with Crippen molar-refractivity contribution < 1.29 is 8.78 Å². The van der Waals surface area contributed by atoms with Crippen LogP contribution in [0.25, 0.3) is 0 Å². The monoisotopic (exact) mass is 261 g/mol. The van der Waals surface area contributed by atoms with Crippen LogP contribution < -0.4 is 5.32 Å². The van der Waals surface area contributed by atoms with Crippen LogP contribution in [0.1, 0.15) is 30.5 Å². The summed E-state index contributed by atoms with van der Waals surface area (Å²) in [5.41, 5.74) is 1.82. The third-order valence-corrected chi connectivity index (χ3v) is 3.23. The number of rotatable bonds is 4. The van der Waals surface area contributed by atoms with Crippen molar-refractivity contribution in [2.75, 3.05) is 5.32 Å². The Hall–Kier alpha value is -1.90. The molecule has 0 radical (unpaired) electrons. The molecule has 2 rings (SSSR count). The molecule has 2 aromatic rings. The number of halogens is 2. The van der Waals surface area contributed by atoms with E-state index < -0.39 is 0 Å². The summed E-state index contributed by atoms with van der Waals surface area (Å²) in [5.74, 6) is -0.578. The molecule has 2 aromatic carbocycles. The van der Waals surface area contributed by atoms with Gasteiger partial charge in [0.05, 0.1) is 11.7 Å². The quantitative estimate of drug-likeness (QED) is 0.830. The summed E-state index contributed by atoms with van der Waals surface area (Å²) in [6.45, 7) is 3.78. The van der Waals surface area contributed by atoms with Gasteiger partial charge in [-0.05, 0) is 31.0 Å². The maximum absolute atomic E-state index is 13.8. The van der Waals surface area contributed by atoms with Crippen LogP contribution in [0.2, 0.25) is 0 Å². The van der Waals surface area contributed by atoms with Crippen molar-refractivity contribution in [1.82, 2.24) is 0 Å². The largest absolute Gasteiger partial charge is 0.376 e. The Morgan fingerprint density at radius 3 is 2.32 bits per heavy atom. The lowest BCUT2D eigenvalue weighted by atomic mass is 10.0. The Kier molecular flexibility index (Phi) is 4.15. The normalized spacial score (nSPS) is 12.2. The van der Waals surface area contributed by atoms with Crippen LogP contribution in [0, 0.1) is 18.6 Å². The predicted molar refractivity (Wildman–Crippen MR) is 74.2 cm³/mol. The van der Waals surface area contributed by atoms with Crippen LogP contribution in [0.3, 0.4) is 0 Å². The van der Waals surface area contributed by atoms with Crippen molar-refractivity contribution in [3.63, 3.8) is 0 Å². The minimum Gasteiger partial charge on any atom is -0.376 e. The standard InChI is InChI=1S/C16H17F2N/c1-3-15(12-8-4-5-9-13(12)17)19-16-11(2)7-6-10-14(16)18/h4-10,15,19H,3H2,1-2H3. The van der Waals surface area contributed by atoms with Crippen molar-refractivity contribution in [3.8, 4) is 0 Å². The molecule has 1 unspecified atom stereocenters. The number of benzene rings is 2. The molecule has 1 atom stereocenters. The molecule has 3 heteroatoms. The van der Waals surface area contributed by atoms with E-state index in [2.05, 4.69) is 5.32 Å². The lowest BCUT2D eigenvalue weighted by Crippen LogP contribution is -2.13. The lowest BCUT2D eigenvalue weighted by molar-refractivity contribution is 0.582. The van der Waals surface area contributed by atoms with Crippen LogP contribution in [0.15, 0.2) is 42.5 Å². The summed E-state index contributed by atoms with van der Waals surface area (Å²) in [4.78, 5) is 0. The molecule has 0 saturated carbocycles. The average Bonchev–Trinajstić information content (AvgIpc) is 2.40. The van der Waals surface area contributed by atoms with Gasteiger partial charge in [-0.15, -0.1) is 0 Å². The molecule has 0 fully saturated rings. The van der Waals surface area contributed by atoms with Gasteiger partial charge in [-0.25, -0.2) is 8.78 Å². The fourth-order valence-electron chi connectivity index (χ4n) is 2.15. The maximum Gasteiger partial charge on any atom is 0.146 e. The van der Waals surface area contributed by atoms with E-state index in [1.54, 1.807) is 24.3 Å². The van der Waals surface area contributed by atoms with Crippen LogP contribution >= 0.6 is 0 Å². The zero-order chi connectivity index (χ0) is 13.8. The molecule has 1 N–H and O–H groups in total. The molecule has 0 saturated heterocycles. The van der Waals surface area contributed by atoms with Gasteiger partial charge in [0.2, 0.25) is 0 Å². The SMILES string of the molecule is CCC(Nc1c(C)cccc1F)c1ccccc1F. The molecule has 0 aliphatic rings. The fourth-order valence-corrected chi connectivity index (χ4v) is 2.15. The first-order valence-electron chi connectivity index (χ1n) is 6.39. The number of anilines is 1. The number of para-hydroxylation sites is 1. The molecule has 1 nitrogen and oxygen atoms in total. The average molecular weight is 261 g/mol. The van der Waals surface area contributed by atoms with Crippen LogP contribution in [-0.4, -0.2) is 0 Å². The second-order valence-corrected chi connectivity index (χ2v) is 4.56. The molecule has 0 heterocycles. The zero-order valence-corrected chi connectivity index (χ0v) is 11.1. The molecule has 100 valence electrons. The Labute approximate surface area is 112 Å². The van der Waals surface area contributed by atoms with Gasteiger partial charge in [0.15, 0.2) is 0 Å². The van der Waals surface area contributed by atoms with E-state index in [4.69, 9.17) is 0 Å². The first-order chi connectivity index (χ1) is 9.13. The highest BCUT2D eigenvalue weighted by Crippen LogP contribution is 2.28. The Morgan fingerprint density at radius 1 is 1.00 bits per heavy atom. The van der Waals surface area contributed by atoms with E-state index in [1.165, 1.54) is 12.1 Å². The summed E-state index contributed by atoms with van der Waals surface area (Å²) in [6, 6.07) is 11.3. The van der Waals surface area contributed by atoms with Crippen molar-refractivity contribution in [2.24, 2.45) is 0 Å². The number of hydrogen-bond donors (Lipinski definition) is 1. The third kappa shape index (κ3) is 2.92. The van der Waals surface area contributed by atoms with Gasteiger partial charge in [-0.3, -0.25) is 0 Å². The van der Waals surface area contributed by atoms with Gasteiger partial charge in [-0.2, -0.15) is 0 Å². The molecule has 0 aliphatic heterocycles. The highest BCUT2D eigenvalue weighted by Gasteiger charge is 2.16. The van der Waals surface area contributed by atoms with Crippen molar-refractivity contribution in [1.29, 1.82) is 0 Å². The van der Waals surface area contributed by atoms with E-state index >= 15 is 0 Å². The predicted octanol–water partition coefficient (Wildman–Crippen LogP) is 4.84. The maximum atomic E-state index is 13.8. The molecule has 0 amide bonds. The topological polar surface area (TPSA) is 12.0 Å². The summed E-state index contributed by atoms with van der Waals surface area (Å²) >= 11 is 0. The third-order valence-electron chi connectivity index (χ3n) is 3.23. The molecule has 0 bridgehead atoms. The molecule has 0 aliphatic carbocycles. The molecule has 19 heavy (non-hydrogen) atoms. The van der Waals surface area contributed by atoms with E-state index in [1.807, 2.05) is 19.9 Å². The summed E-state index contributed by atoms with van der Waals surface area (Å²) in [5, 5.41) is 3.11. The van der Waals surface area contributed by atoms with Gasteiger partial charge in [0.25, 0.3) is 0 Å². The van der Waals surface area contributed by atoms with Crippen LogP contribution in [-0.2, 0) is 0 Å². The minimum absolute atomic E-state index is 0.239. The van der Waals surface area contributed by atoms with Gasteiger partial charge in [0, 0.05) is 5.56 Å². The zero-order valence-electron chi connectivity index (χ0n) is 11.1. The molecular formula is C16H17F2N. The van der Waals surface area contributed by atoms with E-state index in [-0.39, 0.29) is 17.7 Å². The fraction of sp³-hybridized carbons (Fsp3) is 0.250. The van der Waals surface area contributed by atoms with Crippen LogP contribution in [0.4, 0.5) is 14.5 Å². The molecule has 0 spiro atoms. The first kappa shape index (κ1) is 13.5. The van der Waals surface area contributed by atoms with Gasteiger partial charge in [0.1, 0.15) is 11.6 Å². The van der Waals surface area contributed by atoms with Crippen molar-refractivity contribution in [2.45, 2.75) is 26.3 Å². The molecular weight excluding hydrogens is 244 g/mol.